The zero-order valence-corrected chi connectivity index (χ0v) is 12.3. The van der Waals surface area contributed by atoms with E-state index < -0.39 is 0 Å². The lowest BCUT2D eigenvalue weighted by Gasteiger charge is -2.53. The number of carbonyl (C=O) groups is 1. The summed E-state index contributed by atoms with van der Waals surface area (Å²) in [6.45, 7) is 2.16. The van der Waals surface area contributed by atoms with Crippen LogP contribution < -0.4 is 0 Å². The van der Waals surface area contributed by atoms with Gasteiger partial charge in [0.25, 0.3) is 0 Å². The van der Waals surface area contributed by atoms with Gasteiger partial charge in [-0.3, -0.25) is 4.79 Å². The highest BCUT2D eigenvalue weighted by molar-refractivity contribution is 5.98. The lowest BCUT2D eigenvalue weighted by atomic mass is 9.51. The molecule has 0 atom stereocenters. The minimum Gasteiger partial charge on any atom is -0.294 e. The van der Waals surface area contributed by atoms with Crippen molar-refractivity contribution in [2.75, 3.05) is 0 Å². The van der Waals surface area contributed by atoms with Gasteiger partial charge in [-0.15, -0.1) is 0 Å². The molecule has 0 radical (unpaired) electrons. The van der Waals surface area contributed by atoms with Gasteiger partial charge in [0.05, 0.1) is 0 Å². The van der Waals surface area contributed by atoms with Gasteiger partial charge in [-0.1, -0.05) is 25.1 Å². The summed E-state index contributed by atoms with van der Waals surface area (Å²) in [4.78, 5) is 13.0. The molecule has 0 heterocycles. The average molecular weight is 268 g/mol. The Kier molecular flexibility index (Phi) is 2.98. The van der Waals surface area contributed by atoms with E-state index in [1.807, 2.05) is 6.07 Å². The van der Waals surface area contributed by atoms with E-state index in [2.05, 4.69) is 25.1 Å². The third-order valence-corrected chi connectivity index (χ3v) is 6.15. The third kappa shape index (κ3) is 1.94. The minimum atomic E-state index is 0.343. The molecule has 20 heavy (non-hydrogen) atoms. The highest BCUT2D eigenvalue weighted by atomic mass is 16.1. The van der Waals surface area contributed by atoms with Crippen LogP contribution >= 0.6 is 0 Å². The topological polar surface area (TPSA) is 17.1 Å². The Balaban J connectivity index is 1.62. The number of hydrogen-bond donors (Lipinski definition) is 0. The second-order valence-corrected chi connectivity index (χ2v) is 7.37. The summed E-state index contributed by atoms with van der Waals surface area (Å²) in [5.74, 6) is 4.09. The van der Waals surface area contributed by atoms with Crippen LogP contribution in [0.25, 0.3) is 0 Å². The van der Waals surface area contributed by atoms with Crippen molar-refractivity contribution in [2.45, 2.75) is 45.4 Å². The molecule has 0 amide bonds. The van der Waals surface area contributed by atoms with Crippen molar-refractivity contribution in [2.24, 2.45) is 29.6 Å². The predicted molar refractivity (Wildman–Crippen MR) is 80.7 cm³/mol. The van der Waals surface area contributed by atoms with Crippen LogP contribution in [0.1, 0.15) is 54.9 Å². The molecule has 106 valence electrons. The van der Waals surface area contributed by atoms with Crippen LogP contribution in [0.15, 0.2) is 24.3 Å². The largest absolute Gasteiger partial charge is 0.294 e. The smallest absolute Gasteiger partial charge is 0.166 e. The first-order valence-corrected chi connectivity index (χ1v) is 8.37. The van der Waals surface area contributed by atoms with Crippen LogP contribution in [0.5, 0.6) is 0 Å². The molecule has 0 aliphatic heterocycles. The molecular formula is C19H24O. The van der Waals surface area contributed by atoms with E-state index in [9.17, 15) is 4.79 Å². The molecule has 0 unspecified atom stereocenters. The van der Waals surface area contributed by atoms with E-state index >= 15 is 0 Å². The van der Waals surface area contributed by atoms with Crippen molar-refractivity contribution in [1.82, 2.24) is 0 Å². The lowest BCUT2D eigenvalue weighted by molar-refractivity contribution is -0.0251. The maximum absolute atomic E-state index is 13.0. The number of carbonyl (C=O) groups excluding carboxylic acids is 1. The molecular weight excluding hydrogens is 244 g/mol. The summed E-state index contributed by atoms with van der Waals surface area (Å²) in [7, 11) is 0. The first-order chi connectivity index (χ1) is 9.74. The molecule has 5 rings (SSSR count). The molecule has 4 aliphatic carbocycles. The van der Waals surface area contributed by atoms with E-state index in [1.54, 1.807) is 0 Å². The molecule has 4 fully saturated rings. The van der Waals surface area contributed by atoms with Gasteiger partial charge in [0.2, 0.25) is 0 Å². The van der Waals surface area contributed by atoms with E-state index in [0.717, 1.165) is 23.8 Å². The van der Waals surface area contributed by atoms with Crippen molar-refractivity contribution in [3.05, 3.63) is 35.4 Å². The van der Waals surface area contributed by atoms with E-state index in [-0.39, 0.29) is 0 Å². The molecule has 1 aromatic rings. The molecule has 1 heteroatoms. The first kappa shape index (κ1) is 12.6. The molecule has 4 saturated carbocycles. The van der Waals surface area contributed by atoms with Crippen molar-refractivity contribution >= 4 is 5.78 Å². The average Bonchev–Trinajstić information content (AvgIpc) is 2.46. The molecule has 4 bridgehead atoms. The van der Waals surface area contributed by atoms with Crippen molar-refractivity contribution < 1.29 is 4.79 Å². The second-order valence-electron chi connectivity index (χ2n) is 7.37. The number of rotatable bonds is 3. The van der Waals surface area contributed by atoms with Gasteiger partial charge in [-0.25, -0.2) is 0 Å². The highest BCUT2D eigenvalue weighted by Gasteiger charge is 2.50. The van der Waals surface area contributed by atoms with Crippen LogP contribution in [0.3, 0.4) is 0 Å². The standard InChI is InChI=1S/C19H24O/c1-2-12-4-3-5-15(7-12)19(20)18-16-8-13-6-14(10-16)11-17(18)9-13/h3-5,7,13-14,16-18H,2,6,8-11H2,1H3. The van der Waals surface area contributed by atoms with E-state index in [1.165, 1.54) is 37.7 Å². The summed E-state index contributed by atoms with van der Waals surface area (Å²) in [5.41, 5.74) is 2.27. The third-order valence-electron chi connectivity index (χ3n) is 6.15. The van der Waals surface area contributed by atoms with Crippen LogP contribution in [-0.2, 0) is 6.42 Å². The Hall–Kier alpha value is -1.11. The fourth-order valence-electron chi connectivity index (χ4n) is 5.49. The fourth-order valence-corrected chi connectivity index (χ4v) is 5.49. The van der Waals surface area contributed by atoms with Gasteiger partial charge in [-0.2, -0.15) is 0 Å². The van der Waals surface area contributed by atoms with Crippen molar-refractivity contribution in [3.8, 4) is 0 Å². The van der Waals surface area contributed by atoms with Gasteiger partial charge in [-0.05, 0) is 73.8 Å². The Labute approximate surface area is 121 Å². The Morgan fingerprint density at radius 1 is 1.05 bits per heavy atom. The SMILES string of the molecule is CCc1cccc(C(=O)C2C3CC4CC(C3)CC2C4)c1. The highest BCUT2D eigenvalue weighted by Crippen LogP contribution is 2.57. The summed E-state index contributed by atoms with van der Waals surface area (Å²) in [6.07, 6.45) is 7.80. The quantitative estimate of drug-likeness (QED) is 0.737. The molecule has 0 aromatic heterocycles. The van der Waals surface area contributed by atoms with Gasteiger partial charge in [0, 0.05) is 11.5 Å². The van der Waals surface area contributed by atoms with E-state index in [0.29, 0.717) is 23.5 Å². The summed E-state index contributed by atoms with van der Waals surface area (Å²) in [6, 6.07) is 8.36. The monoisotopic (exact) mass is 268 g/mol. The van der Waals surface area contributed by atoms with Gasteiger partial charge >= 0.3 is 0 Å². The van der Waals surface area contributed by atoms with Crippen molar-refractivity contribution in [3.63, 3.8) is 0 Å². The zero-order valence-electron chi connectivity index (χ0n) is 12.3. The van der Waals surface area contributed by atoms with Crippen LogP contribution in [-0.4, -0.2) is 5.78 Å². The summed E-state index contributed by atoms with van der Waals surface area (Å²) >= 11 is 0. The van der Waals surface area contributed by atoms with Crippen LogP contribution in [0.4, 0.5) is 0 Å². The number of ketones is 1. The van der Waals surface area contributed by atoms with Gasteiger partial charge < -0.3 is 0 Å². The number of benzene rings is 1. The maximum atomic E-state index is 13.0. The molecule has 1 aromatic carbocycles. The maximum Gasteiger partial charge on any atom is 0.166 e. The lowest BCUT2D eigenvalue weighted by Crippen LogP contribution is -2.48. The van der Waals surface area contributed by atoms with Gasteiger partial charge in [0.15, 0.2) is 5.78 Å². The predicted octanol–water partition coefficient (Wildman–Crippen LogP) is 4.50. The van der Waals surface area contributed by atoms with Crippen molar-refractivity contribution in [1.29, 1.82) is 0 Å². The Morgan fingerprint density at radius 2 is 1.70 bits per heavy atom. The Bertz CT molecular complexity index is 502. The molecule has 0 N–H and O–H groups in total. The molecule has 0 saturated heterocycles. The number of aryl methyl sites for hydroxylation is 1. The number of Topliss-reactive ketones (excluding diaryl/α,β-unsaturated/α-hetero) is 1. The summed E-state index contributed by atoms with van der Waals surface area (Å²) < 4.78 is 0. The molecule has 4 aliphatic rings. The van der Waals surface area contributed by atoms with Gasteiger partial charge in [0.1, 0.15) is 0 Å². The van der Waals surface area contributed by atoms with Crippen LogP contribution in [0.2, 0.25) is 0 Å². The second kappa shape index (κ2) is 4.72. The van der Waals surface area contributed by atoms with Crippen LogP contribution in [0, 0.1) is 29.6 Å². The minimum absolute atomic E-state index is 0.343. The summed E-state index contributed by atoms with van der Waals surface area (Å²) in [5, 5.41) is 0. The molecule has 1 nitrogen and oxygen atoms in total. The normalized spacial score (nSPS) is 38.1. The van der Waals surface area contributed by atoms with E-state index in [4.69, 9.17) is 0 Å². The molecule has 0 spiro atoms. The number of hydrogen-bond acceptors (Lipinski definition) is 1. The fraction of sp³-hybridized carbons (Fsp3) is 0.632. The Morgan fingerprint density at radius 3 is 2.30 bits per heavy atom. The first-order valence-electron chi connectivity index (χ1n) is 8.37. The zero-order chi connectivity index (χ0) is 13.7.